The highest BCUT2D eigenvalue weighted by atomic mass is 16.8. The van der Waals surface area contributed by atoms with Crippen LogP contribution < -0.4 is 37.6 Å². The quantitative estimate of drug-likeness (QED) is 0.0338. The predicted octanol–water partition coefficient (Wildman–Crippen LogP) is -8.43. The number of carbonyl (C=O) groups is 8. The Morgan fingerprint density at radius 3 is 2.09 bits per heavy atom. The third kappa shape index (κ3) is 14.8. The van der Waals surface area contributed by atoms with E-state index >= 15 is 0 Å². The molecule has 8 amide bonds. The molecule has 28 nitrogen and oxygen atoms in total. The maximum Gasteiger partial charge on any atom is 0.266 e. The summed E-state index contributed by atoms with van der Waals surface area (Å²) in [4.78, 5) is 118. The number of rotatable bonds is 24. The highest BCUT2D eigenvalue weighted by Crippen LogP contribution is 2.22. The molecule has 66 heavy (non-hydrogen) atoms. The molecule has 2 fully saturated rings. The molecular weight excluding hydrogens is 882 g/mol. The lowest BCUT2D eigenvalue weighted by Gasteiger charge is -2.38. The molecule has 1 aromatic rings. The summed E-state index contributed by atoms with van der Waals surface area (Å²) < 4.78 is 5.10. The van der Waals surface area contributed by atoms with E-state index < -0.39 is 152 Å². The lowest BCUT2D eigenvalue weighted by atomic mass is 9.97. The second kappa shape index (κ2) is 25.7. The van der Waals surface area contributed by atoms with Gasteiger partial charge >= 0.3 is 0 Å². The third-order valence-corrected chi connectivity index (χ3v) is 10.9. The molecule has 3 heterocycles. The van der Waals surface area contributed by atoms with Crippen LogP contribution in [0, 0.1) is 5.92 Å². The number of nitrogens with one attached hydrogen (secondary N) is 7. The zero-order valence-electron chi connectivity index (χ0n) is 36.6. The molecule has 0 saturated carbocycles. The molecule has 2 aliphatic rings. The van der Waals surface area contributed by atoms with E-state index in [9.17, 15) is 74.1 Å². The van der Waals surface area contributed by atoms with E-state index in [4.69, 9.17) is 15.3 Å². The summed E-state index contributed by atoms with van der Waals surface area (Å²) in [7, 11) is 0. The Morgan fingerprint density at radius 1 is 0.879 bits per heavy atom. The van der Waals surface area contributed by atoms with Gasteiger partial charge in [0.2, 0.25) is 41.4 Å². The Morgan fingerprint density at radius 2 is 1.52 bits per heavy atom. The number of hydrogen-bond donors (Lipinski definition) is 15. The van der Waals surface area contributed by atoms with Gasteiger partial charge < -0.3 is 92.8 Å². The van der Waals surface area contributed by atoms with Crippen molar-refractivity contribution in [3.8, 4) is 0 Å². The lowest BCUT2D eigenvalue weighted by molar-refractivity contribution is -0.301. The first kappa shape index (κ1) is 54.5. The monoisotopic (exact) mass is 943 g/mol. The van der Waals surface area contributed by atoms with Gasteiger partial charge in [-0.2, -0.15) is 0 Å². The van der Waals surface area contributed by atoms with Crippen molar-refractivity contribution in [3.63, 3.8) is 0 Å². The molecule has 0 spiro atoms. The molecule has 1 aromatic heterocycles. The van der Waals surface area contributed by atoms with Gasteiger partial charge in [0.1, 0.15) is 72.9 Å². The summed E-state index contributed by atoms with van der Waals surface area (Å²) in [5.74, 6) is -8.22. The number of aliphatic hydroxyl groups excluding tert-OH is 7. The Labute approximate surface area is 377 Å². The molecule has 2 saturated heterocycles. The first-order valence-corrected chi connectivity index (χ1v) is 21.0. The highest BCUT2D eigenvalue weighted by molar-refractivity contribution is 6.26. The maximum absolute atomic E-state index is 13.8. The summed E-state index contributed by atoms with van der Waals surface area (Å²) in [5, 5.41) is 86.7. The van der Waals surface area contributed by atoms with Crippen molar-refractivity contribution in [3.05, 3.63) is 18.2 Å². The van der Waals surface area contributed by atoms with Crippen molar-refractivity contribution >= 4 is 53.5 Å². The largest absolute Gasteiger partial charge is 0.394 e. The smallest absolute Gasteiger partial charge is 0.266 e. The zero-order chi connectivity index (χ0) is 49.4. The van der Waals surface area contributed by atoms with Crippen LogP contribution in [-0.4, -0.2) is 210 Å². The average Bonchev–Trinajstić information content (AvgIpc) is 4.00. The van der Waals surface area contributed by atoms with Crippen LogP contribution in [0.5, 0.6) is 0 Å². The van der Waals surface area contributed by atoms with Crippen molar-refractivity contribution < 1.29 is 83.7 Å². The number of primary amides is 1. The molecule has 3 rings (SSSR count). The van der Waals surface area contributed by atoms with Crippen LogP contribution in [0.15, 0.2) is 17.7 Å². The third-order valence-electron chi connectivity index (χ3n) is 10.9. The number of aromatic amines is 1. The molecule has 2 aliphatic heterocycles. The summed E-state index contributed by atoms with van der Waals surface area (Å²) in [6, 6.07) is -10.1. The Kier molecular flexibility index (Phi) is 21.2. The first-order valence-electron chi connectivity index (χ1n) is 21.0. The van der Waals surface area contributed by atoms with Crippen LogP contribution in [-0.2, 0) is 54.4 Å². The molecule has 0 radical (unpaired) electrons. The van der Waals surface area contributed by atoms with Crippen LogP contribution in [0.2, 0.25) is 0 Å². The Hall–Kier alpha value is -5.88. The van der Waals surface area contributed by atoms with Crippen LogP contribution in [0.4, 0.5) is 0 Å². The van der Waals surface area contributed by atoms with Crippen molar-refractivity contribution in [2.75, 3.05) is 26.4 Å². The van der Waals surface area contributed by atoms with Gasteiger partial charge in [0.25, 0.3) is 12.2 Å². The Balaban J connectivity index is 1.70. The Bertz CT molecular complexity index is 1850. The van der Waals surface area contributed by atoms with Crippen LogP contribution in [0.1, 0.15) is 52.7 Å². The number of nitrogens with two attached hydrogens (primary N) is 1. The minimum atomic E-state index is -1.84. The summed E-state index contributed by atoms with van der Waals surface area (Å²) >= 11 is 0. The molecule has 28 heteroatoms. The van der Waals surface area contributed by atoms with Crippen LogP contribution in [0.25, 0.3) is 0 Å². The van der Waals surface area contributed by atoms with Crippen LogP contribution >= 0.6 is 0 Å². The number of aliphatic hydroxyl groups is 7. The number of oxime groups is 1. The van der Waals surface area contributed by atoms with E-state index in [1.165, 1.54) is 31.3 Å². The second-order valence-corrected chi connectivity index (χ2v) is 15.8. The van der Waals surface area contributed by atoms with Gasteiger partial charge in [0, 0.05) is 24.9 Å². The van der Waals surface area contributed by atoms with Crippen molar-refractivity contribution in [1.82, 2.24) is 46.8 Å². The molecule has 14 atom stereocenters. The van der Waals surface area contributed by atoms with E-state index in [-0.39, 0.29) is 25.8 Å². The number of aromatic nitrogens is 2. The highest BCUT2D eigenvalue weighted by Gasteiger charge is 2.45. The average molecular weight is 944 g/mol. The summed E-state index contributed by atoms with van der Waals surface area (Å²) in [5.41, 5.74) is 5.56. The van der Waals surface area contributed by atoms with Gasteiger partial charge in [-0.3, -0.25) is 38.4 Å². The number of ether oxygens (including phenoxy) is 1. The first-order chi connectivity index (χ1) is 31.2. The lowest BCUT2D eigenvalue weighted by Crippen LogP contribution is -2.62. The maximum atomic E-state index is 13.8. The van der Waals surface area contributed by atoms with Crippen molar-refractivity contribution in [2.24, 2.45) is 16.8 Å². The van der Waals surface area contributed by atoms with Crippen molar-refractivity contribution in [2.45, 2.75) is 132 Å². The van der Waals surface area contributed by atoms with Gasteiger partial charge in [0.15, 0.2) is 0 Å². The number of amides is 8. The number of carbonyl (C=O) groups excluding carboxylic acids is 8. The second-order valence-electron chi connectivity index (χ2n) is 15.8. The van der Waals surface area contributed by atoms with Gasteiger partial charge in [0.05, 0.1) is 32.3 Å². The number of imidazole rings is 1. The number of likely N-dealkylation sites (tertiary alicyclic amines) is 1. The number of hydrogen-bond acceptors (Lipinski definition) is 19. The van der Waals surface area contributed by atoms with E-state index in [0.717, 1.165) is 0 Å². The van der Waals surface area contributed by atoms with Gasteiger partial charge in [-0.15, -0.1) is 0 Å². The van der Waals surface area contributed by atoms with Crippen LogP contribution in [0.3, 0.4) is 0 Å². The fraction of sp³-hybridized carbons (Fsp3) is 0.684. The molecule has 0 aliphatic carbocycles. The van der Waals surface area contributed by atoms with E-state index in [1.54, 1.807) is 13.8 Å². The topological polar surface area (TPSA) is 439 Å². The molecule has 0 aromatic carbocycles. The van der Waals surface area contributed by atoms with Gasteiger partial charge in [-0.25, -0.2) is 4.98 Å². The standard InChI is InChI=1S/C38H61N11O17/c1-5-16(2)26(47-33(60)22(13-51)44-25(54)11-42-66-38-30(57)29(56)28(55)24(14-52)65-38)35(62)48-27(18(4)53)36(63)45-20(9-19-10-40-15-41-19)32(59)43-17(3)37(64)49-8-6-7-23(49)34(61)46-21(12-50)31(39)58/h10-11,15-18,20-24,26-30,38,50-53,55-57H,5-9,12-14H2,1-4H3,(H2,39,58)(H,40,41)(H,43,59)(H,44,54)(H,45,63)(H,46,61)(H,47,60)(H,48,62)/b42-11+/t16-,17-,18+,20-,21-,22-,23-,24+,26-,27-,28+,29-,30-,38+/m0/s1. The van der Waals surface area contributed by atoms with Gasteiger partial charge in [-0.1, -0.05) is 25.4 Å². The minimum absolute atomic E-state index is 0.121. The molecular formula is C38H61N11O17. The fourth-order valence-electron chi connectivity index (χ4n) is 6.79. The fourth-order valence-corrected chi connectivity index (χ4v) is 6.79. The zero-order valence-corrected chi connectivity index (χ0v) is 36.6. The van der Waals surface area contributed by atoms with Gasteiger partial charge in [-0.05, 0) is 32.6 Å². The predicted molar refractivity (Wildman–Crippen MR) is 222 cm³/mol. The minimum Gasteiger partial charge on any atom is -0.394 e. The molecule has 16 N–H and O–H groups in total. The SMILES string of the molecule is CC[C@H](C)[C@H](NC(=O)[C@H](CO)NC(=O)/C=N/O[C@H]1O[C@H](CO)[C@@H](O)[C@H](O)[C@@H]1O)C(=O)N[C@H](C(=O)N[C@@H](Cc1cnc[nH]1)C(=O)N[C@@H](C)C(=O)N1CCC[C@H]1C(=O)N[C@@H](CO)C(N)=O)[C@@H](C)O. The molecule has 0 unspecified atom stereocenters. The van der Waals surface area contributed by atoms with E-state index in [1.807, 2.05) is 0 Å². The van der Waals surface area contributed by atoms with E-state index in [0.29, 0.717) is 18.3 Å². The molecule has 0 bridgehead atoms. The number of nitrogens with zero attached hydrogens (tertiary/aromatic N) is 3. The number of H-pyrrole nitrogens is 1. The summed E-state index contributed by atoms with van der Waals surface area (Å²) in [6.07, 6.45) is -6.17. The van der Waals surface area contributed by atoms with E-state index in [2.05, 4.69) is 47.0 Å². The van der Waals surface area contributed by atoms with Crippen molar-refractivity contribution in [1.29, 1.82) is 0 Å². The molecule has 370 valence electrons. The summed E-state index contributed by atoms with van der Waals surface area (Å²) in [6.45, 7) is 3.35. The normalized spacial score (nSPS) is 24.3.